The third kappa shape index (κ3) is 0.468. The Bertz CT molecular complexity index is 188. The molecule has 1 heterocycles. The van der Waals surface area contributed by atoms with E-state index in [0.29, 0.717) is 6.04 Å². The summed E-state index contributed by atoms with van der Waals surface area (Å²) in [5.41, 5.74) is 0. The fraction of sp³-hybridized carbons (Fsp3) is 1.00. The summed E-state index contributed by atoms with van der Waals surface area (Å²) in [7, 11) is 0. The highest BCUT2D eigenvalue weighted by Crippen LogP contribution is 2.51. The molecule has 0 aromatic rings. The molecule has 0 spiro atoms. The SMILES string of the molecule is C1C[C@@H]2C[C@H]1[C@H]1CN=N[C@@H]21. The van der Waals surface area contributed by atoms with Crippen molar-refractivity contribution in [2.45, 2.75) is 25.3 Å². The first-order valence-corrected chi connectivity index (χ1v) is 4.32. The van der Waals surface area contributed by atoms with Gasteiger partial charge in [0.25, 0.3) is 0 Å². The van der Waals surface area contributed by atoms with Crippen LogP contribution in [0.2, 0.25) is 0 Å². The number of rotatable bonds is 0. The molecule has 4 atom stereocenters. The van der Waals surface area contributed by atoms with Gasteiger partial charge in [-0.05, 0) is 31.1 Å². The monoisotopic (exact) mass is 136 g/mol. The maximum atomic E-state index is 4.31. The first-order chi connectivity index (χ1) is 4.95. The van der Waals surface area contributed by atoms with Crippen LogP contribution in [0.25, 0.3) is 0 Å². The Balaban J connectivity index is 1.97. The van der Waals surface area contributed by atoms with Gasteiger partial charge in [0, 0.05) is 5.92 Å². The lowest BCUT2D eigenvalue weighted by atomic mass is 9.86. The minimum atomic E-state index is 0.666. The smallest absolute Gasteiger partial charge is 0.0785 e. The van der Waals surface area contributed by atoms with Crippen molar-refractivity contribution >= 4 is 0 Å². The molecule has 0 radical (unpaired) electrons. The third-order valence-corrected chi connectivity index (χ3v) is 3.55. The molecule has 0 N–H and O–H groups in total. The summed E-state index contributed by atoms with van der Waals surface area (Å²) in [5.74, 6) is 2.81. The fourth-order valence-corrected chi connectivity index (χ4v) is 3.05. The quantitative estimate of drug-likeness (QED) is 0.485. The van der Waals surface area contributed by atoms with Crippen LogP contribution in [0.15, 0.2) is 10.2 Å². The van der Waals surface area contributed by atoms with Crippen molar-refractivity contribution in [1.82, 2.24) is 0 Å². The molecule has 0 saturated heterocycles. The lowest BCUT2D eigenvalue weighted by Crippen LogP contribution is -2.23. The van der Waals surface area contributed by atoms with Crippen molar-refractivity contribution in [3.8, 4) is 0 Å². The summed E-state index contributed by atoms with van der Waals surface area (Å²) in [4.78, 5) is 0. The van der Waals surface area contributed by atoms with Gasteiger partial charge in [0.05, 0.1) is 12.6 Å². The Morgan fingerprint density at radius 2 is 2.00 bits per heavy atom. The number of hydrogen-bond acceptors (Lipinski definition) is 2. The summed E-state index contributed by atoms with van der Waals surface area (Å²) in [6.45, 7) is 1.05. The average Bonchev–Trinajstić information content (AvgIpc) is 2.60. The summed E-state index contributed by atoms with van der Waals surface area (Å²) < 4.78 is 0. The first-order valence-electron chi connectivity index (χ1n) is 4.32. The molecule has 2 aliphatic carbocycles. The van der Waals surface area contributed by atoms with Gasteiger partial charge in [0.2, 0.25) is 0 Å². The normalized spacial score (nSPS) is 56.0. The Morgan fingerprint density at radius 1 is 1.10 bits per heavy atom. The van der Waals surface area contributed by atoms with Gasteiger partial charge in [-0.15, -0.1) is 0 Å². The number of nitrogens with zero attached hydrogens (tertiary/aromatic N) is 2. The van der Waals surface area contributed by atoms with Crippen molar-refractivity contribution in [2.24, 2.45) is 28.0 Å². The maximum absolute atomic E-state index is 4.31. The molecule has 2 saturated carbocycles. The molecule has 54 valence electrons. The van der Waals surface area contributed by atoms with Gasteiger partial charge in [0.1, 0.15) is 0 Å². The van der Waals surface area contributed by atoms with Crippen LogP contribution in [0, 0.1) is 17.8 Å². The maximum Gasteiger partial charge on any atom is 0.0785 e. The van der Waals surface area contributed by atoms with Gasteiger partial charge in [-0.3, -0.25) is 0 Å². The minimum Gasteiger partial charge on any atom is -0.194 e. The summed E-state index contributed by atoms with van der Waals surface area (Å²) in [6.07, 6.45) is 4.37. The molecule has 10 heavy (non-hydrogen) atoms. The van der Waals surface area contributed by atoms with Crippen LogP contribution in [0.4, 0.5) is 0 Å². The molecule has 0 aromatic carbocycles. The van der Waals surface area contributed by atoms with Gasteiger partial charge < -0.3 is 0 Å². The second kappa shape index (κ2) is 1.60. The van der Waals surface area contributed by atoms with E-state index in [2.05, 4.69) is 10.2 Å². The zero-order chi connectivity index (χ0) is 6.55. The highest BCUT2D eigenvalue weighted by Gasteiger charge is 2.49. The van der Waals surface area contributed by atoms with Gasteiger partial charge in [-0.2, -0.15) is 10.2 Å². The van der Waals surface area contributed by atoms with Crippen LogP contribution in [-0.4, -0.2) is 12.6 Å². The Kier molecular flexibility index (Phi) is 0.846. The van der Waals surface area contributed by atoms with Crippen LogP contribution in [-0.2, 0) is 0 Å². The number of azo groups is 1. The summed E-state index contributed by atoms with van der Waals surface area (Å²) >= 11 is 0. The molecule has 1 aliphatic heterocycles. The van der Waals surface area contributed by atoms with Gasteiger partial charge in [0.15, 0.2) is 0 Å². The van der Waals surface area contributed by atoms with E-state index < -0.39 is 0 Å². The second-order valence-corrected chi connectivity index (χ2v) is 3.93. The summed E-state index contributed by atoms with van der Waals surface area (Å²) in [6, 6.07) is 0.666. The molecule has 2 heteroatoms. The van der Waals surface area contributed by atoms with Gasteiger partial charge in [-0.25, -0.2) is 0 Å². The second-order valence-electron chi connectivity index (χ2n) is 3.93. The van der Waals surface area contributed by atoms with Crippen molar-refractivity contribution in [3.63, 3.8) is 0 Å². The largest absolute Gasteiger partial charge is 0.194 e. The van der Waals surface area contributed by atoms with Crippen molar-refractivity contribution < 1.29 is 0 Å². The Morgan fingerprint density at radius 3 is 2.90 bits per heavy atom. The summed E-state index contributed by atoms with van der Waals surface area (Å²) in [5, 5.41) is 8.44. The van der Waals surface area contributed by atoms with E-state index in [0.717, 1.165) is 24.3 Å². The lowest BCUT2D eigenvalue weighted by molar-refractivity contribution is 0.328. The van der Waals surface area contributed by atoms with Crippen molar-refractivity contribution in [1.29, 1.82) is 0 Å². The zero-order valence-corrected chi connectivity index (χ0v) is 6.03. The predicted molar refractivity (Wildman–Crippen MR) is 37.8 cm³/mol. The molecular formula is C8H12N2. The van der Waals surface area contributed by atoms with Crippen LogP contribution in [0.3, 0.4) is 0 Å². The zero-order valence-electron chi connectivity index (χ0n) is 6.03. The topological polar surface area (TPSA) is 24.7 Å². The highest BCUT2D eigenvalue weighted by molar-refractivity contribution is 5.02. The molecule has 0 amide bonds. The van der Waals surface area contributed by atoms with E-state index in [1.54, 1.807) is 0 Å². The first kappa shape index (κ1) is 5.28. The number of hydrogen-bond donors (Lipinski definition) is 0. The van der Waals surface area contributed by atoms with Crippen molar-refractivity contribution in [2.75, 3.05) is 6.54 Å². The molecule has 0 unspecified atom stereocenters. The van der Waals surface area contributed by atoms with E-state index >= 15 is 0 Å². The molecular weight excluding hydrogens is 124 g/mol. The standard InChI is InChI=1S/C8H12N2/c1-2-6-3-5(1)7-4-9-10-8(6)7/h5-8H,1-4H2/t5-,6+,7+,8-/m0/s1. The highest BCUT2D eigenvalue weighted by atomic mass is 15.2. The molecule has 2 bridgehead atoms. The van der Waals surface area contributed by atoms with Gasteiger partial charge in [-0.1, -0.05) is 0 Å². The van der Waals surface area contributed by atoms with Gasteiger partial charge >= 0.3 is 0 Å². The van der Waals surface area contributed by atoms with E-state index in [4.69, 9.17) is 0 Å². The predicted octanol–water partition coefficient (Wildman–Crippen LogP) is 1.87. The van der Waals surface area contributed by atoms with E-state index in [1.165, 1.54) is 19.3 Å². The molecule has 0 aromatic heterocycles. The van der Waals surface area contributed by atoms with Crippen LogP contribution in [0.1, 0.15) is 19.3 Å². The molecule has 2 fully saturated rings. The molecule has 2 nitrogen and oxygen atoms in total. The fourth-order valence-electron chi connectivity index (χ4n) is 3.05. The number of fused-ring (bicyclic) bond motifs is 5. The van der Waals surface area contributed by atoms with E-state index in [1.807, 2.05) is 0 Å². The lowest BCUT2D eigenvalue weighted by Gasteiger charge is -2.20. The van der Waals surface area contributed by atoms with E-state index in [-0.39, 0.29) is 0 Å². The van der Waals surface area contributed by atoms with Crippen molar-refractivity contribution in [3.05, 3.63) is 0 Å². The average molecular weight is 136 g/mol. The Hall–Kier alpha value is -0.400. The minimum absolute atomic E-state index is 0.666. The third-order valence-electron chi connectivity index (χ3n) is 3.55. The van der Waals surface area contributed by atoms with Crippen LogP contribution >= 0.6 is 0 Å². The molecule has 3 rings (SSSR count). The van der Waals surface area contributed by atoms with E-state index in [9.17, 15) is 0 Å². The Labute approximate surface area is 60.7 Å². The van der Waals surface area contributed by atoms with Crippen LogP contribution in [0.5, 0.6) is 0 Å². The molecule has 3 aliphatic rings. The van der Waals surface area contributed by atoms with Crippen LogP contribution < -0.4 is 0 Å².